The van der Waals surface area contributed by atoms with Crippen LogP contribution in [0.5, 0.6) is 0 Å². The van der Waals surface area contributed by atoms with Crippen LogP contribution in [-0.2, 0) is 11.3 Å². The van der Waals surface area contributed by atoms with E-state index < -0.39 is 11.4 Å². The second-order valence-electron chi connectivity index (χ2n) is 5.48. The van der Waals surface area contributed by atoms with Crippen molar-refractivity contribution in [1.29, 1.82) is 0 Å². The molecule has 0 aliphatic carbocycles. The Labute approximate surface area is 116 Å². The summed E-state index contributed by atoms with van der Waals surface area (Å²) in [6.45, 7) is 4.53. The number of likely N-dealkylation sites (tertiary alicyclic amines) is 1. The van der Waals surface area contributed by atoms with Crippen LogP contribution in [0, 0.1) is 12.3 Å². The molecule has 20 heavy (non-hydrogen) atoms. The fourth-order valence-electron chi connectivity index (χ4n) is 2.36. The van der Waals surface area contributed by atoms with E-state index >= 15 is 0 Å². The van der Waals surface area contributed by atoms with Crippen LogP contribution in [0.4, 0.5) is 4.79 Å². The van der Waals surface area contributed by atoms with E-state index in [2.05, 4.69) is 10.5 Å². The standard InChI is InChI=1S/C13H19N3O4/c1-9-6-10(20-15-9)7-14-12(19)16-5-3-4-13(2,8-16)11(17)18/h6H,3-5,7-8H2,1-2H3,(H,14,19)(H,17,18). The minimum absolute atomic E-state index is 0.226. The molecule has 7 heteroatoms. The molecule has 0 radical (unpaired) electrons. The van der Waals surface area contributed by atoms with Gasteiger partial charge in [0.1, 0.15) is 0 Å². The van der Waals surface area contributed by atoms with Crippen molar-refractivity contribution in [2.75, 3.05) is 13.1 Å². The second kappa shape index (κ2) is 5.52. The minimum atomic E-state index is -0.863. The van der Waals surface area contributed by atoms with Gasteiger partial charge in [0.15, 0.2) is 5.76 Å². The third-order valence-corrected chi connectivity index (χ3v) is 3.59. The highest BCUT2D eigenvalue weighted by molar-refractivity contribution is 5.78. The first-order valence-electron chi connectivity index (χ1n) is 6.59. The number of carboxylic acid groups (broad SMARTS) is 1. The van der Waals surface area contributed by atoms with Crippen molar-refractivity contribution in [3.8, 4) is 0 Å². The summed E-state index contributed by atoms with van der Waals surface area (Å²) >= 11 is 0. The lowest BCUT2D eigenvalue weighted by Gasteiger charge is -2.37. The molecule has 1 aromatic rings. The number of hydrogen-bond acceptors (Lipinski definition) is 4. The summed E-state index contributed by atoms with van der Waals surface area (Å²) in [5.74, 6) is -0.283. The van der Waals surface area contributed by atoms with E-state index in [1.807, 2.05) is 0 Å². The van der Waals surface area contributed by atoms with Gasteiger partial charge in [-0.2, -0.15) is 0 Å². The molecule has 7 nitrogen and oxygen atoms in total. The van der Waals surface area contributed by atoms with Gasteiger partial charge < -0.3 is 19.8 Å². The molecular formula is C13H19N3O4. The van der Waals surface area contributed by atoms with Crippen molar-refractivity contribution in [3.63, 3.8) is 0 Å². The number of piperidine rings is 1. The summed E-state index contributed by atoms with van der Waals surface area (Å²) in [6, 6.07) is 1.48. The van der Waals surface area contributed by atoms with Crippen molar-refractivity contribution in [2.45, 2.75) is 33.2 Å². The molecule has 110 valence electrons. The van der Waals surface area contributed by atoms with Crippen molar-refractivity contribution in [3.05, 3.63) is 17.5 Å². The first kappa shape index (κ1) is 14.4. The van der Waals surface area contributed by atoms with Crippen LogP contribution >= 0.6 is 0 Å². The Hall–Kier alpha value is -2.05. The summed E-state index contributed by atoms with van der Waals surface area (Å²) in [6.07, 6.45) is 1.28. The van der Waals surface area contributed by atoms with Crippen LogP contribution in [0.25, 0.3) is 0 Å². The Morgan fingerprint density at radius 2 is 2.35 bits per heavy atom. The zero-order valence-corrected chi connectivity index (χ0v) is 11.7. The number of aromatic nitrogens is 1. The van der Waals surface area contributed by atoms with E-state index in [9.17, 15) is 14.7 Å². The van der Waals surface area contributed by atoms with Crippen LogP contribution in [0.1, 0.15) is 31.2 Å². The van der Waals surface area contributed by atoms with Gasteiger partial charge in [-0.1, -0.05) is 5.16 Å². The molecule has 0 saturated carbocycles. The Kier molecular flexibility index (Phi) is 3.96. The topological polar surface area (TPSA) is 95.7 Å². The fourth-order valence-corrected chi connectivity index (χ4v) is 2.36. The average Bonchev–Trinajstić information content (AvgIpc) is 2.81. The van der Waals surface area contributed by atoms with Gasteiger partial charge in [0.05, 0.1) is 17.7 Å². The second-order valence-corrected chi connectivity index (χ2v) is 5.48. The maximum Gasteiger partial charge on any atom is 0.317 e. The molecule has 2 amide bonds. The van der Waals surface area contributed by atoms with Gasteiger partial charge in [0, 0.05) is 19.2 Å². The maximum absolute atomic E-state index is 12.0. The molecule has 2 N–H and O–H groups in total. The summed E-state index contributed by atoms with van der Waals surface area (Å²) in [7, 11) is 0. The molecule has 1 aliphatic rings. The van der Waals surface area contributed by atoms with Crippen molar-refractivity contribution in [2.24, 2.45) is 5.41 Å². The number of carbonyl (C=O) groups excluding carboxylic acids is 1. The summed E-state index contributed by atoms with van der Waals surface area (Å²) in [5, 5.41) is 15.7. The molecule has 0 spiro atoms. The predicted molar refractivity (Wildman–Crippen MR) is 70.0 cm³/mol. The molecule has 2 rings (SSSR count). The van der Waals surface area contributed by atoms with Crippen molar-refractivity contribution >= 4 is 12.0 Å². The number of carboxylic acids is 1. The number of nitrogens with zero attached hydrogens (tertiary/aromatic N) is 2. The zero-order valence-electron chi connectivity index (χ0n) is 11.7. The average molecular weight is 281 g/mol. The number of urea groups is 1. The molecule has 1 fully saturated rings. The van der Waals surface area contributed by atoms with Crippen LogP contribution in [0.2, 0.25) is 0 Å². The predicted octanol–water partition coefficient (Wildman–Crippen LogP) is 1.38. The largest absolute Gasteiger partial charge is 0.481 e. The van der Waals surface area contributed by atoms with E-state index in [1.165, 1.54) is 0 Å². The number of amides is 2. The Bertz CT molecular complexity index is 513. The number of hydrogen-bond donors (Lipinski definition) is 2. The lowest BCUT2D eigenvalue weighted by molar-refractivity contribution is -0.150. The molecule has 1 aromatic heterocycles. The third kappa shape index (κ3) is 3.09. The fraction of sp³-hybridized carbons (Fsp3) is 0.615. The van der Waals surface area contributed by atoms with Crippen molar-refractivity contribution < 1.29 is 19.2 Å². The highest BCUT2D eigenvalue weighted by Gasteiger charge is 2.39. The smallest absolute Gasteiger partial charge is 0.317 e. The molecule has 1 unspecified atom stereocenters. The van der Waals surface area contributed by atoms with E-state index in [0.29, 0.717) is 25.1 Å². The van der Waals surface area contributed by atoms with E-state index in [0.717, 1.165) is 5.69 Å². The molecule has 2 heterocycles. The third-order valence-electron chi connectivity index (χ3n) is 3.59. The molecule has 1 atom stereocenters. The summed E-state index contributed by atoms with van der Waals surface area (Å²) in [4.78, 5) is 24.8. The number of aliphatic carboxylic acids is 1. The minimum Gasteiger partial charge on any atom is -0.481 e. The molecule has 0 bridgehead atoms. The van der Waals surface area contributed by atoms with Gasteiger partial charge >= 0.3 is 12.0 Å². The van der Waals surface area contributed by atoms with E-state index in [1.54, 1.807) is 24.8 Å². The van der Waals surface area contributed by atoms with Gasteiger partial charge in [-0.15, -0.1) is 0 Å². The lowest BCUT2D eigenvalue weighted by Crippen LogP contribution is -2.51. The first-order chi connectivity index (χ1) is 9.40. The van der Waals surface area contributed by atoms with Gasteiger partial charge in [0.2, 0.25) is 0 Å². The Balaban J connectivity index is 1.90. The molecular weight excluding hydrogens is 262 g/mol. The van der Waals surface area contributed by atoms with Gasteiger partial charge in [0.25, 0.3) is 0 Å². The van der Waals surface area contributed by atoms with Crippen LogP contribution in [0.15, 0.2) is 10.6 Å². The summed E-state index contributed by atoms with van der Waals surface area (Å²) < 4.78 is 5.00. The Morgan fingerprint density at radius 1 is 1.60 bits per heavy atom. The highest BCUT2D eigenvalue weighted by Crippen LogP contribution is 2.29. The molecule has 1 saturated heterocycles. The molecule has 1 aliphatic heterocycles. The quantitative estimate of drug-likeness (QED) is 0.872. The van der Waals surface area contributed by atoms with Crippen LogP contribution in [0.3, 0.4) is 0 Å². The number of nitrogens with one attached hydrogen (secondary N) is 1. The Morgan fingerprint density at radius 3 is 2.95 bits per heavy atom. The highest BCUT2D eigenvalue weighted by atomic mass is 16.5. The lowest BCUT2D eigenvalue weighted by atomic mass is 9.82. The normalized spacial score (nSPS) is 22.6. The first-order valence-corrected chi connectivity index (χ1v) is 6.59. The SMILES string of the molecule is Cc1cc(CNC(=O)N2CCCC(C)(C(=O)O)C2)on1. The number of aryl methyl sites for hydroxylation is 1. The summed E-state index contributed by atoms with van der Waals surface area (Å²) in [5.41, 5.74) is -0.107. The zero-order chi connectivity index (χ0) is 14.8. The molecule has 0 aromatic carbocycles. The van der Waals surface area contributed by atoms with Crippen LogP contribution in [-0.4, -0.2) is 40.3 Å². The van der Waals surface area contributed by atoms with Crippen LogP contribution < -0.4 is 5.32 Å². The van der Waals surface area contributed by atoms with E-state index in [-0.39, 0.29) is 19.1 Å². The van der Waals surface area contributed by atoms with Gasteiger partial charge in [-0.25, -0.2) is 4.79 Å². The van der Waals surface area contributed by atoms with E-state index in [4.69, 9.17) is 4.52 Å². The number of carbonyl (C=O) groups is 2. The maximum atomic E-state index is 12.0. The van der Waals surface area contributed by atoms with Gasteiger partial charge in [-0.3, -0.25) is 4.79 Å². The van der Waals surface area contributed by atoms with Crippen molar-refractivity contribution in [1.82, 2.24) is 15.4 Å². The number of rotatable bonds is 3. The van der Waals surface area contributed by atoms with Gasteiger partial charge in [-0.05, 0) is 26.7 Å². The monoisotopic (exact) mass is 281 g/mol.